The van der Waals surface area contributed by atoms with Gasteiger partial charge < -0.3 is 4.48 Å². The molecule has 0 radical (unpaired) electrons. The van der Waals surface area contributed by atoms with Crippen LogP contribution >= 0.6 is 0 Å². The molecule has 22 heavy (non-hydrogen) atoms. The zero-order chi connectivity index (χ0) is 16.5. The molecule has 0 aromatic carbocycles. The Morgan fingerprint density at radius 3 is 1.09 bits per heavy atom. The highest BCUT2D eigenvalue weighted by molar-refractivity contribution is 4.51. The van der Waals surface area contributed by atoms with Crippen LogP contribution in [-0.4, -0.2) is 30.7 Å². The normalized spacial score (nSPS) is 12.0. The fourth-order valence-corrected chi connectivity index (χ4v) is 3.56. The fraction of sp³-hybridized carbons (Fsp3) is 1.00. The van der Waals surface area contributed by atoms with Gasteiger partial charge in [0.1, 0.15) is 0 Å². The van der Waals surface area contributed by atoms with Gasteiger partial charge in [-0.2, -0.15) is 0 Å². The second-order valence-electron chi connectivity index (χ2n) is 7.42. The van der Waals surface area contributed by atoms with Crippen LogP contribution in [0.25, 0.3) is 0 Å². The summed E-state index contributed by atoms with van der Waals surface area (Å²) in [5.41, 5.74) is 0. The van der Waals surface area contributed by atoms with Crippen LogP contribution < -0.4 is 0 Å². The molecule has 0 spiro atoms. The van der Waals surface area contributed by atoms with Crippen LogP contribution in [0, 0.1) is 0 Å². The maximum Gasteiger partial charge on any atom is 0.0786 e. The van der Waals surface area contributed by atoms with Crippen LogP contribution in [0.2, 0.25) is 0 Å². The maximum absolute atomic E-state index is 2.35. The minimum Gasteiger partial charge on any atom is -0.324 e. The lowest BCUT2D eigenvalue weighted by Gasteiger charge is -2.39. The molecule has 0 atom stereocenters. The lowest BCUT2D eigenvalue weighted by molar-refractivity contribution is -0.929. The standard InChI is InChI=1S/C21H46N/c1-5-9-13-14-15-16-17-21-22(18-10-6-2,19-11-7-3)20-12-8-4/h5-21H2,1-4H3/q+1. The number of rotatable bonds is 17. The molecule has 0 fully saturated rings. The van der Waals surface area contributed by atoms with E-state index in [1.54, 1.807) is 0 Å². The van der Waals surface area contributed by atoms with Gasteiger partial charge in [0.25, 0.3) is 0 Å². The number of quaternary nitrogens is 1. The van der Waals surface area contributed by atoms with E-state index in [2.05, 4.69) is 27.7 Å². The minimum atomic E-state index is 1.36. The van der Waals surface area contributed by atoms with E-state index in [0.717, 1.165) is 0 Å². The SMILES string of the molecule is CCCCCCCCC[N+](CCCC)(CCCC)CCCC. The van der Waals surface area contributed by atoms with Crippen LogP contribution in [0.15, 0.2) is 0 Å². The summed E-state index contributed by atoms with van der Waals surface area (Å²) >= 11 is 0. The van der Waals surface area contributed by atoms with Crippen molar-refractivity contribution in [2.45, 2.75) is 111 Å². The maximum atomic E-state index is 2.35. The van der Waals surface area contributed by atoms with E-state index in [1.807, 2.05) is 0 Å². The molecule has 0 heterocycles. The van der Waals surface area contributed by atoms with Gasteiger partial charge in [0.15, 0.2) is 0 Å². The van der Waals surface area contributed by atoms with E-state index in [0.29, 0.717) is 0 Å². The molecule has 0 aliphatic heterocycles. The summed E-state index contributed by atoms with van der Waals surface area (Å²) in [5.74, 6) is 0. The van der Waals surface area contributed by atoms with Gasteiger partial charge >= 0.3 is 0 Å². The molecule has 0 amide bonds. The summed E-state index contributed by atoms with van der Waals surface area (Å²) in [6.45, 7) is 15.1. The Labute approximate surface area is 142 Å². The molecule has 0 aliphatic carbocycles. The predicted molar refractivity (Wildman–Crippen MR) is 102 cm³/mol. The van der Waals surface area contributed by atoms with Gasteiger partial charge in [0.2, 0.25) is 0 Å². The monoisotopic (exact) mass is 312 g/mol. The first-order valence-electron chi connectivity index (χ1n) is 10.6. The Morgan fingerprint density at radius 1 is 0.364 bits per heavy atom. The van der Waals surface area contributed by atoms with E-state index in [4.69, 9.17) is 0 Å². The Hall–Kier alpha value is -0.0400. The number of hydrogen-bond donors (Lipinski definition) is 0. The average Bonchev–Trinajstić information content (AvgIpc) is 2.55. The molecule has 0 aromatic rings. The largest absolute Gasteiger partial charge is 0.324 e. The third-order valence-electron chi connectivity index (χ3n) is 5.19. The van der Waals surface area contributed by atoms with E-state index in [9.17, 15) is 0 Å². The van der Waals surface area contributed by atoms with Gasteiger partial charge in [-0.3, -0.25) is 0 Å². The Kier molecular flexibility index (Phi) is 15.8. The molecule has 0 saturated carbocycles. The zero-order valence-electron chi connectivity index (χ0n) is 16.5. The van der Waals surface area contributed by atoms with E-state index in [1.165, 1.54) is 114 Å². The first-order chi connectivity index (χ1) is 10.7. The van der Waals surface area contributed by atoms with Crippen molar-refractivity contribution in [2.75, 3.05) is 26.2 Å². The van der Waals surface area contributed by atoms with Crippen molar-refractivity contribution in [3.8, 4) is 0 Å². The molecule has 134 valence electrons. The molecule has 0 bridgehead atoms. The molecule has 0 rings (SSSR count). The van der Waals surface area contributed by atoms with E-state index < -0.39 is 0 Å². The lowest BCUT2D eigenvalue weighted by Crippen LogP contribution is -2.50. The molecular formula is C21H46N+. The van der Waals surface area contributed by atoms with Crippen LogP contribution in [-0.2, 0) is 0 Å². The quantitative estimate of drug-likeness (QED) is 0.201. The Balaban J connectivity index is 4.21. The van der Waals surface area contributed by atoms with Crippen molar-refractivity contribution in [3.05, 3.63) is 0 Å². The molecule has 0 unspecified atom stereocenters. The highest BCUT2D eigenvalue weighted by Gasteiger charge is 2.24. The summed E-state index contributed by atoms with van der Waals surface area (Å²) in [6, 6.07) is 0. The summed E-state index contributed by atoms with van der Waals surface area (Å²) < 4.78 is 1.44. The smallest absolute Gasteiger partial charge is 0.0786 e. The van der Waals surface area contributed by atoms with Crippen LogP contribution in [0.3, 0.4) is 0 Å². The van der Waals surface area contributed by atoms with Crippen molar-refractivity contribution >= 4 is 0 Å². The molecule has 0 saturated heterocycles. The first-order valence-corrected chi connectivity index (χ1v) is 10.6. The van der Waals surface area contributed by atoms with E-state index >= 15 is 0 Å². The van der Waals surface area contributed by atoms with E-state index in [-0.39, 0.29) is 0 Å². The molecule has 0 aromatic heterocycles. The van der Waals surface area contributed by atoms with Gasteiger partial charge in [-0.15, -0.1) is 0 Å². The summed E-state index contributed by atoms with van der Waals surface area (Å²) in [5, 5.41) is 0. The van der Waals surface area contributed by atoms with Crippen LogP contribution in [0.1, 0.15) is 111 Å². The van der Waals surface area contributed by atoms with Crippen molar-refractivity contribution < 1.29 is 4.48 Å². The number of nitrogens with zero attached hydrogens (tertiary/aromatic N) is 1. The molecule has 1 nitrogen and oxygen atoms in total. The number of unbranched alkanes of at least 4 members (excludes halogenated alkanes) is 9. The minimum absolute atomic E-state index is 1.36. The molecular weight excluding hydrogens is 266 g/mol. The second-order valence-corrected chi connectivity index (χ2v) is 7.42. The first kappa shape index (κ1) is 22.0. The highest BCUT2D eigenvalue weighted by Crippen LogP contribution is 2.17. The summed E-state index contributed by atoms with van der Waals surface area (Å²) in [4.78, 5) is 0. The molecule has 0 aliphatic rings. The summed E-state index contributed by atoms with van der Waals surface area (Å²) in [6.07, 6.45) is 18.4. The molecule has 0 N–H and O–H groups in total. The Bertz CT molecular complexity index is 190. The van der Waals surface area contributed by atoms with Gasteiger partial charge in [0, 0.05) is 0 Å². The van der Waals surface area contributed by atoms with Crippen LogP contribution in [0.5, 0.6) is 0 Å². The van der Waals surface area contributed by atoms with Crippen molar-refractivity contribution in [3.63, 3.8) is 0 Å². The average molecular weight is 313 g/mol. The van der Waals surface area contributed by atoms with Gasteiger partial charge in [0.05, 0.1) is 26.2 Å². The zero-order valence-corrected chi connectivity index (χ0v) is 16.5. The second kappa shape index (κ2) is 15.8. The Morgan fingerprint density at radius 2 is 0.682 bits per heavy atom. The van der Waals surface area contributed by atoms with Crippen LogP contribution in [0.4, 0.5) is 0 Å². The highest BCUT2D eigenvalue weighted by atomic mass is 15.3. The van der Waals surface area contributed by atoms with Gasteiger partial charge in [-0.1, -0.05) is 79.1 Å². The third-order valence-corrected chi connectivity index (χ3v) is 5.19. The predicted octanol–water partition coefficient (Wildman–Crippen LogP) is 6.95. The van der Waals surface area contributed by atoms with Crippen molar-refractivity contribution in [2.24, 2.45) is 0 Å². The topological polar surface area (TPSA) is 0 Å². The third kappa shape index (κ3) is 11.5. The van der Waals surface area contributed by atoms with Gasteiger partial charge in [-0.05, 0) is 32.1 Å². The van der Waals surface area contributed by atoms with Crippen molar-refractivity contribution in [1.29, 1.82) is 0 Å². The van der Waals surface area contributed by atoms with Crippen molar-refractivity contribution in [1.82, 2.24) is 0 Å². The summed E-state index contributed by atoms with van der Waals surface area (Å²) in [7, 11) is 0. The number of hydrogen-bond acceptors (Lipinski definition) is 0. The lowest BCUT2D eigenvalue weighted by atomic mass is 10.1. The fourth-order valence-electron chi connectivity index (χ4n) is 3.56. The molecule has 1 heteroatoms. The van der Waals surface area contributed by atoms with Gasteiger partial charge in [-0.25, -0.2) is 0 Å².